The maximum Gasteiger partial charge on any atom is 0.119 e. The van der Waals surface area contributed by atoms with E-state index in [1.54, 1.807) is 0 Å². The molecule has 0 fully saturated rings. The Labute approximate surface area is 122 Å². The lowest BCUT2D eigenvalue weighted by Gasteiger charge is -2.23. The molecule has 0 spiro atoms. The summed E-state index contributed by atoms with van der Waals surface area (Å²) >= 11 is 0. The molecule has 20 heavy (non-hydrogen) atoms. The molecule has 2 nitrogen and oxygen atoms in total. The molecular weight excluding hydrogens is 246 g/mol. The summed E-state index contributed by atoms with van der Waals surface area (Å²) < 4.78 is 5.90. The highest BCUT2D eigenvalue weighted by Gasteiger charge is 2.11. The number of rotatable bonds is 5. The first-order valence-corrected chi connectivity index (χ1v) is 7.31. The molecule has 0 heterocycles. The van der Waals surface area contributed by atoms with E-state index in [0.29, 0.717) is 5.92 Å². The van der Waals surface area contributed by atoms with Crippen LogP contribution >= 0.6 is 0 Å². The number of benzene rings is 2. The molecular formula is C18H25NO. The van der Waals surface area contributed by atoms with Gasteiger partial charge in [0.15, 0.2) is 0 Å². The lowest BCUT2D eigenvalue weighted by Crippen LogP contribution is -2.39. The van der Waals surface area contributed by atoms with Crippen LogP contribution in [-0.2, 0) is 0 Å². The lowest BCUT2D eigenvalue weighted by molar-refractivity contribution is 0.244. The third kappa shape index (κ3) is 4.53. The number of hydrogen-bond acceptors (Lipinski definition) is 2. The van der Waals surface area contributed by atoms with E-state index in [-0.39, 0.29) is 5.54 Å². The Morgan fingerprint density at radius 1 is 1.05 bits per heavy atom. The van der Waals surface area contributed by atoms with Crippen molar-refractivity contribution in [2.75, 3.05) is 13.2 Å². The van der Waals surface area contributed by atoms with Crippen LogP contribution in [-0.4, -0.2) is 18.7 Å². The standard InChI is InChI=1S/C18H25NO/c1-14(12-19-18(2,3)4)13-20-17-10-9-15-7-5-6-8-16(15)11-17/h5-11,14,19H,12-13H2,1-4H3. The molecule has 0 aromatic heterocycles. The van der Waals surface area contributed by atoms with Crippen molar-refractivity contribution in [2.45, 2.75) is 33.2 Å². The highest BCUT2D eigenvalue weighted by molar-refractivity contribution is 5.83. The van der Waals surface area contributed by atoms with Gasteiger partial charge in [0.25, 0.3) is 0 Å². The molecule has 2 rings (SSSR count). The topological polar surface area (TPSA) is 21.3 Å². The Morgan fingerprint density at radius 2 is 1.75 bits per heavy atom. The second-order valence-electron chi connectivity index (χ2n) is 6.56. The van der Waals surface area contributed by atoms with Crippen LogP contribution in [0.25, 0.3) is 10.8 Å². The zero-order chi connectivity index (χ0) is 14.6. The van der Waals surface area contributed by atoms with Crippen LogP contribution in [0.15, 0.2) is 42.5 Å². The maximum atomic E-state index is 5.90. The van der Waals surface area contributed by atoms with Crippen LogP contribution in [0.2, 0.25) is 0 Å². The van der Waals surface area contributed by atoms with Crippen LogP contribution in [0, 0.1) is 5.92 Å². The van der Waals surface area contributed by atoms with Gasteiger partial charge in [0, 0.05) is 18.0 Å². The molecule has 0 aliphatic carbocycles. The van der Waals surface area contributed by atoms with Crippen LogP contribution in [0.1, 0.15) is 27.7 Å². The first-order chi connectivity index (χ1) is 9.44. The lowest BCUT2D eigenvalue weighted by atomic mass is 10.1. The predicted molar refractivity (Wildman–Crippen MR) is 86.4 cm³/mol. The van der Waals surface area contributed by atoms with Gasteiger partial charge in [-0.15, -0.1) is 0 Å². The molecule has 0 amide bonds. The zero-order valence-corrected chi connectivity index (χ0v) is 12.9. The number of hydrogen-bond donors (Lipinski definition) is 1. The molecule has 108 valence electrons. The van der Waals surface area contributed by atoms with Gasteiger partial charge >= 0.3 is 0 Å². The molecule has 1 atom stereocenters. The van der Waals surface area contributed by atoms with Crippen LogP contribution in [0.4, 0.5) is 0 Å². The molecule has 0 aliphatic rings. The average Bonchev–Trinajstić information content (AvgIpc) is 2.42. The van der Waals surface area contributed by atoms with Crippen molar-refractivity contribution < 1.29 is 4.74 Å². The molecule has 0 aliphatic heterocycles. The van der Waals surface area contributed by atoms with Crippen molar-refractivity contribution in [2.24, 2.45) is 5.92 Å². The van der Waals surface area contributed by atoms with Crippen LogP contribution in [0.5, 0.6) is 5.75 Å². The SMILES string of the molecule is CC(CNC(C)(C)C)COc1ccc2ccccc2c1. The molecule has 0 saturated heterocycles. The Kier molecular flexibility index (Phi) is 4.66. The minimum atomic E-state index is 0.164. The van der Waals surface area contributed by atoms with E-state index >= 15 is 0 Å². The van der Waals surface area contributed by atoms with Crippen molar-refractivity contribution in [1.82, 2.24) is 5.32 Å². The van der Waals surface area contributed by atoms with Crippen molar-refractivity contribution in [1.29, 1.82) is 0 Å². The normalized spacial score (nSPS) is 13.4. The summed E-state index contributed by atoms with van der Waals surface area (Å²) in [5, 5.41) is 5.99. The van der Waals surface area contributed by atoms with Gasteiger partial charge in [-0.1, -0.05) is 37.3 Å². The fourth-order valence-corrected chi connectivity index (χ4v) is 2.04. The predicted octanol–water partition coefficient (Wildman–Crippen LogP) is 4.24. The Morgan fingerprint density at radius 3 is 2.45 bits per heavy atom. The minimum Gasteiger partial charge on any atom is -0.493 e. The molecule has 2 aromatic rings. The number of nitrogens with one attached hydrogen (secondary N) is 1. The van der Waals surface area contributed by atoms with Crippen LogP contribution < -0.4 is 10.1 Å². The van der Waals surface area contributed by atoms with Gasteiger partial charge in [0.05, 0.1) is 6.61 Å². The van der Waals surface area contributed by atoms with Gasteiger partial charge < -0.3 is 10.1 Å². The fourth-order valence-electron chi connectivity index (χ4n) is 2.04. The van der Waals surface area contributed by atoms with Gasteiger partial charge in [0.1, 0.15) is 5.75 Å². The molecule has 0 bridgehead atoms. The highest BCUT2D eigenvalue weighted by Crippen LogP contribution is 2.20. The van der Waals surface area contributed by atoms with Crippen molar-refractivity contribution >= 4 is 10.8 Å². The molecule has 1 unspecified atom stereocenters. The summed E-state index contributed by atoms with van der Waals surface area (Å²) in [6, 6.07) is 14.6. The third-order valence-corrected chi connectivity index (χ3v) is 3.24. The fraction of sp³-hybridized carbons (Fsp3) is 0.444. The summed E-state index contributed by atoms with van der Waals surface area (Å²) in [5.74, 6) is 1.44. The van der Waals surface area contributed by atoms with Gasteiger partial charge in [-0.2, -0.15) is 0 Å². The van der Waals surface area contributed by atoms with Gasteiger partial charge in [0.2, 0.25) is 0 Å². The van der Waals surface area contributed by atoms with E-state index in [1.165, 1.54) is 10.8 Å². The van der Waals surface area contributed by atoms with Crippen LogP contribution in [0.3, 0.4) is 0 Å². The second-order valence-corrected chi connectivity index (χ2v) is 6.56. The smallest absolute Gasteiger partial charge is 0.119 e. The van der Waals surface area contributed by atoms with E-state index < -0.39 is 0 Å². The van der Waals surface area contributed by atoms with E-state index in [1.807, 2.05) is 6.07 Å². The first kappa shape index (κ1) is 14.9. The van der Waals surface area contributed by atoms with Crippen molar-refractivity contribution in [3.05, 3.63) is 42.5 Å². The second kappa shape index (κ2) is 6.27. The van der Waals surface area contributed by atoms with Gasteiger partial charge in [-0.25, -0.2) is 0 Å². The zero-order valence-electron chi connectivity index (χ0n) is 12.9. The number of fused-ring (bicyclic) bond motifs is 1. The average molecular weight is 271 g/mol. The van der Waals surface area contributed by atoms with E-state index in [2.05, 4.69) is 69.4 Å². The maximum absolute atomic E-state index is 5.90. The summed E-state index contributed by atoms with van der Waals surface area (Å²) in [6.45, 7) is 10.5. The van der Waals surface area contributed by atoms with Gasteiger partial charge in [-0.3, -0.25) is 0 Å². The Balaban J connectivity index is 1.89. The highest BCUT2D eigenvalue weighted by atomic mass is 16.5. The van der Waals surface area contributed by atoms with Crippen molar-refractivity contribution in [3.8, 4) is 5.75 Å². The monoisotopic (exact) mass is 271 g/mol. The molecule has 2 heteroatoms. The minimum absolute atomic E-state index is 0.164. The summed E-state index contributed by atoms with van der Waals surface area (Å²) in [4.78, 5) is 0. The van der Waals surface area contributed by atoms with Gasteiger partial charge in [-0.05, 0) is 43.7 Å². The number of ether oxygens (including phenoxy) is 1. The molecule has 0 saturated carbocycles. The Bertz CT molecular complexity index is 557. The third-order valence-electron chi connectivity index (χ3n) is 3.24. The molecule has 2 aromatic carbocycles. The first-order valence-electron chi connectivity index (χ1n) is 7.31. The van der Waals surface area contributed by atoms with E-state index in [4.69, 9.17) is 4.74 Å². The largest absolute Gasteiger partial charge is 0.493 e. The van der Waals surface area contributed by atoms with Crippen molar-refractivity contribution in [3.63, 3.8) is 0 Å². The van der Waals surface area contributed by atoms with E-state index in [9.17, 15) is 0 Å². The Hall–Kier alpha value is -1.54. The molecule has 1 N–H and O–H groups in total. The quantitative estimate of drug-likeness (QED) is 0.878. The molecule has 0 radical (unpaired) electrons. The summed E-state index contributed by atoms with van der Waals surface area (Å²) in [5.41, 5.74) is 0.164. The summed E-state index contributed by atoms with van der Waals surface area (Å²) in [7, 11) is 0. The summed E-state index contributed by atoms with van der Waals surface area (Å²) in [6.07, 6.45) is 0. The van der Waals surface area contributed by atoms with E-state index in [0.717, 1.165) is 18.9 Å².